The first kappa shape index (κ1) is 12.2. The van der Waals surface area contributed by atoms with Crippen molar-refractivity contribution in [3.05, 3.63) is 45.0 Å². The fourth-order valence-corrected chi connectivity index (χ4v) is 2.53. The normalized spacial score (nSPS) is 10.4. The van der Waals surface area contributed by atoms with Crippen LogP contribution >= 0.6 is 22.9 Å². The lowest BCUT2D eigenvalue weighted by molar-refractivity contribution is 0.475. The summed E-state index contributed by atoms with van der Waals surface area (Å²) in [4.78, 5) is 1.26. The van der Waals surface area contributed by atoms with Crippen molar-refractivity contribution in [3.8, 4) is 6.07 Å². The van der Waals surface area contributed by atoms with Crippen LogP contribution in [0.3, 0.4) is 0 Å². The summed E-state index contributed by atoms with van der Waals surface area (Å²) in [6.07, 6.45) is 0.948. The average Bonchev–Trinajstić information content (AvgIpc) is 2.93. The van der Waals surface area contributed by atoms with Gasteiger partial charge in [-0.25, -0.2) is 0 Å². The lowest BCUT2D eigenvalue weighted by Gasteiger charge is -2.00. The van der Waals surface area contributed by atoms with Gasteiger partial charge in [0.25, 0.3) is 0 Å². The van der Waals surface area contributed by atoms with E-state index in [2.05, 4.69) is 5.32 Å². The molecule has 0 saturated heterocycles. The van der Waals surface area contributed by atoms with E-state index in [0.717, 1.165) is 23.1 Å². The molecule has 2 heterocycles. The minimum atomic E-state index is 0.354. The Hall–Kier alpha value is -1.28. The van der Waals surface area contributed by atoms with Gasteiger partial charge in [-0.1, -0.05) is 11.6 Å². The molecule has 17 heavy (non-hydrogen) atoms. The number of nitriles is 1. The van der Waals surface area contributed by atoms with Crippen molar-refractivity contribution in [1.82, 2.24) is 5.32 Å². The van der Waals surface area contributed by atoms with E-state index in [4.69, 9.17) is 21.3 Å². The summed E-state index contributed by atoms with van der Waals surface area (Å²) in [5.41, 5.74) is 0. The molecule has 5 heteroatoms. The van der Waals surface area contributed by atoms with Gasteiger partial charge in [0.15, 0.2) is 0 Å². The highest BCUT2D eigenvalue weighted by Crippen LogP contribution is 2.21. The second-order valence-electron chi connectivity index (χ2n) is 3.51. The number of rotatable bonds is 5. The Balaban J connectivity index is 1.71. The van der Waals surface area contributed by atoms with E-state index in [1.54, 1.807) is 17.4 Å². The molecule has 2 aromatic heterocycles. The van der Waals surface area contributed by atoms with Crippen LogP contribution < -0.4 is 5.32 Å². The molecule has 0 atom stereocenters. The number of thiophene rings is 1. The third kappa shape index (κ3) is 3.60. The molecule has 3 nitrogen and oxygen atoms in total. The molecular weight excluding hydrogens is 256 g/mol. The summed E-state index contributed by atoms with van der Waals surface area (Å²) in [6, 6.07) is 9.40. The van der Waals surface area contributed by atoms with Gasteiger partial charge in [-0.05, 0) is 30.7 Å². The molecule has 0 aliphatic carbocycles. The van der Waals surface area contributed by atoms with Crippen LogP contribution in [0.25, 0.3) is 0 Å². The van der Waals surface area contributed by atoms with Crippen LogP contribution in [0.5, 0.6) is 0 Å². The Morgan fingerprint density at radius 2 is 2.24 bits per heavy atom. The minimum Gasteiger partial charge on any atom is -0.449 e. The van der Waals surface area contributed by atoms with Crippen LogP contribution in [0.1, 0.15) is 16.4 Å². The summed E-state index contributed by atoms with van der Waals surface area (Å²) in [6.45, 7) is 1.50. The van der Waals surface area contributed by atoms with Gasteiger partial charge in [0, 0.05) is 11.4 Å². The highest BCUT2D eigenvalue weighted by Gasteiger charge is 2.01. The van der Waals surface area contributed by atoms with Crippen molar-refractivity contribution in [3.63, 3.8) is 0 Å². The van der Waals surface area contributed by atoms with E-state index < -0.39 is 0 Å². The lowest BCUT2D eigenvalue weighted by atomic mass is 10.3. The van der Waals surface area contributed by atoms with Crippen molar-refractivity contribution in [2.45, 2.75) is 13.0 Å². The summed E-state index contributed by atoms with van der Waals surface area (Å²) >= 11 is 7.44. The molecule has 0 amide bonds. The van der Waals surface area contributed by atoms with Crippen LogP contribution in [0, 0.1) is 11.3 Å². The molecule has 1 N–H and O–H groups in total. The smallest absolute Gasteiger partial charge is 0.203 e. The van der Waals surface area contributed by atoms with Crippen LogP contribution in [0.2, 0.25) is 4.34 Å². The first-order valence-corrected chi connectivity index (χ1v) is 6.41. The van der Waals surface area contributed by atoms with Crippen molar-refractivity contribution in [1.29, 1.82) is 5.26 Å². The Kier molecular flexibility index (Phi) is 4.21. The number of hydrogen-bond donors (Lipinski definition) is 1. The highest BCUT2D eigenvalue weighted by molar-refractivity contribution is 7.16. The molecule has 0 fully saturated rings. The zero-order chi connectivity index (χ0) is 12.1. The zero-order valence-corrected chi connectivity index (χ0v) is 10.6. The molecule has 0 bridgehead atoms. The molecule has 0 aliphatic heterocycles. The van der Waals surface area contributed by atoms with Crippen molar-refractivity contribution >= 4 is 22.9 Å². The molecule has 0 aliphatic rings. The second-order valence-corrected chi connectivity index (χ2v) is 5.31. The maximum Gasteiger partial charge on any atom is 0.203 e. The first-order chi connectivity index (χ1) is 8.28. The number of halogens is 1. The predicted molar refractivity (Wildman–Crippen MR) is 68.2 cm³/mol. The lowest BCUT2D eigenvalue weighted by Crippen LogP contribution is -2.15. The monoisotopic (exact) mass is 266 g/mol. The van der Waals surface area contributed by atoms with Crippen molar-refractivity contribution < 1.29 is 4.42 Å². The van der Waals surface area contributed by atoms with Crippen LogP contribution in [0.15, 0.2) is 28.7 Å². The SMILES string of the molecule is N#Cc1ccc(CNCCc2ccc(Cl)s2)o1. The van der Waals surface area contributed by atoms with Crippen LogP contribution in [0.4, 0.5) is 0 Å². The Bertz CT molecular complexity index is 527. The standard InChI is InChI=1S/C12H11ClN2OS/c13-12-4-3-11(17-12)5-6-15-8-10-2-1-9(7-14)16-10/h1-4,15H,5-6,8H2. The second kappa shape index (κ2) is 5.87. The molecule has 0 aromatic carbocycles. The fourth-order valence-electron chi connectivity index (χ4n) is 1.44. The molecule has 0 radical (unpaired) electrons. The Morgan fingerprint density at radius 3 is 2.88 bits per heavy atom. The third-order valence-electron chi connectivity index (χ3n) is 2.25. The number of hydrogen-bond acceptors (Lipinski definition) is 4. The quantitative estimate of drug-likeness (QED) is 0.846. The van der Waals surface area contributed by atoms with Crippen LogP contribution in [-0.4, -0.2) is 6.54 Å². The minimum absolute atomic E-state index is 0.354. The maximum atomic E-state index is 8.60. The molecule has 0 unspecified atom stereocenters. The van der Waals surface area contributed by atoms with Gasteiger partial charge < -0.3 is 9.73 Å². The maximum absolute atomic E-state index is 8.60. The molecular formula is C12H11ClN2OS. The van der Waals surface area contributed by atoms with Gasteiger partial charge >= 0.3 is 0 Å². The summed E-state index contributed by atoms with van der Waals surface area (Å²) in [7, 11) is 0. The molecule has 2 rings (SSSR count). The number of nitrogens with one attached hydrogen (secondary N) is 1. The van der Waals surface area contributed by atoms with E-state index in [-0.39, 0.29) is 0 Å². The van der Waals surface area contributed by atoms with E-state index >= 15 is 0 Å². The first-order valence-electron chi connectivity index (χ1n) is 5.21. The highest BCUT2D eigenvalue weighted by atomic mass is 35.5. The van der Waals surface area contributed by atoms with Gasteiger partial charge in [-0.15, -0.1) is 11.3 Å². The summed E-state index contributed by atoms with van der Waals surface area (Å²) < 4.78 is 6.07. The number of nitrogens with zero attached hydrogens (tertiary/aromatic N) is 1. The molecule has 88 valence electrons. The Labute approximate surface area is 109 Å². The summed E-state index contributed by atoms with van der Waals surface area (Å²) in [5.74, 6) is 1.14. The van der Waals surface area contributed by atoms with Crippen LogP contribution in [-0.2, 0) is 13.0 Å². The number of furan rings is 1. The predicted octanol–water partition coefficient (Wildman–Crippen LogP) is 3.20. The van der Waals surface area contributed by atoms with Crippen molar-refractivity contribution in [2.24, 2.45) is 0 Å². The van der Waals surface area contributed by atoms with Crippen molar-refractivity contribution in [2.75, 3.05) is 6.54 Å². The topological polar surface area (TPSA) is 49.0 Å². The molecule has 0 spiro atoms. The van der Waals surface area contributed by atoms with Gasteiger partial charge in [0.1, 0.15) is 11.8 Å². The van der Waals surface area contributed by atoms with Gasteiger partial charge in [0.2, 0.25) is 5.76 Å². The van der Waals surface area contributed by atoms with Gasteiger partial charge in [-0.2, -0.15) is 5.26 Å². The fraction of sp³-hybridized carbons (Fsp3) is 0.250. The molecule has 2 aromatic rings. The molecule has 0 saturated carbocycles. The van der Waals surface area contributed by atoms with E-state index in [0.29, 0.717) is 12.3 Å². The summed E-state index contributed by atoms with van der Waals surface area (Å²) in [5, 5.41) is 11.9. The van der Waals surface area contributed by atoms with Gasteiger partial charge in [0.05, 0.1) is 10.9 Å². The average molecular weight is 267 g/mol. The van der Waals surface area contributed by atoms with E-state index in [1.807, 2.05) is 24.3 Å². The largest absolute Gasteiger partial charge is 0.449 e. The third-order valence-corrected chi connectivity index (χ3v) is 3.54. The zero-order valence-electron chi connectivity index (χ0n) is 9.07. The van der Waals surface area contributed by atoms with E-state index in [1.165, 1.54) is 4.88 Å². The van der Waals surface area contributed by atoms with Gasteiger partial charge in [-0.3, -0.25) is 0 Å². The van der Waals surface area contributed by atoms with E-state index in [9.17, 15) is 0 Å². The Morgan fingerprint density at radius 1 is 1.35 bits per heavy atom.